The Morgan fingerprint density at radius 3 is 1.86 bits per heavy atom. The fourth-order valence-electron chi connectivity index (χ4n) is 2.33. The molecule has 0 saturated heterocycles. The molecule has 5 nitrogen and oxygen atoms in total. The van der Waals surface area contributed by atoms with E-state index in [0.717, 1.165) is 6.07 Å². The van der Waals surface area contributed by atoms with Gasteiger partial charge in [0.1, 0.15) is 4.90 Å². The molecule has 21 heavy (non-hydrogen) atoms. The van der Waals surface area contributed by atoms with Crippen LogP contribution in [0, 0.1) is 0 Å². The minimum absolute atomic E-state index is 0. The zero-order valence-electron chi connectivity index (χ0n) is 11.0. The third kappa shape index (κ3) is 2.70. The van der Waals surface area contributed by atoms with Gasteiger partial charge in [-0.2, -0.15) is 8.42 Å². The third-order valence-corrected chi connectivity index (χ3v) is 4.09. The summed E-state index contributed by atoms with van der Waals surface area (Å²) in [6.07, 6.45) is 0. The maximum Gasteiger partial charge on any atom is 0.295 e. The van der Waals surface area contributed by atoms with Gasteiger partial charge < -0.3 is 0 Å². The molecule has 0 amide bonds. The Bertz CT molecular complexity index is 871. The second-order valence-corrected chi connectivity index (χ2v) is 5.75. The summed E-state index contributed by atoms with van der Waals surface area (Å²) in [7, 11) is -4.58. The fraction of sp³-hybridized carbons (Fsp3) is 0. The van der Waals surface area contributed by atoms with Crippen LogP contribution < -0.4 is 0 Å². The third-order valence-electron chi connectivity index (χ3n) is 3.19. The number of carbonyl (C=O) groups is 2. The summed E-state index contributed by atoms with van der Waals surface area (Å²) >= 11 is 0. The van der Waals surface area contributed by atoms with Crippen molar-refractivity contribution >= 4 is 73.1 Å². The van der Waals surface area contributed by atoms with Crippen LogP contribution in [0.15, 0.2) is 47.4 Å². The Labute approximate surface area is 163 Å². The minimum atomic E-state index is -4.58. The summed E-state index contributed by atoms with van der Waals surface area (Å²) in [6.45, 7) is 0. The van der Waals surface area contributed by atoms with E-state index in [0.29, 0.717) is 0 Å². The van der Waals surface area contributed by atoms with Crippen LogP contribution in [0.3, 0.4) is 0 Å². The van der Waals surface area contributed by atoms with Crippen LogP contribution in [0.5, 0.6) is 0 Å². The second kappa shape index (κ2) is 5.84. The van der Waals surface area contributed by atoms with Crippen molar-refractivity contribution in [2.75, 3.05) is 0 Å². The van der Waals surface area contributed by atoms with Gasteiger partial charge in [-0.1, -0.05) is 36.4 Å². The van der Waals surface area contributed by atoms with Crippen molar-refractivity contribution in [3.05, 3.63) is 64.7 Å². The second-order valence-electron chi connectivity index (χ2n) is 4.36. The van der Waals surface area contributed by atoms with Gasteiger partial charge in [0.2, 0.25) is 0 Å². The molecule has 101 valence electrons. The molecule has 0 saturated carbocycles. The maximum atomic E-state index is 12.4. The number of fused-ring (bicyclic) bond motifs is 2. The minimum Gasteiger partial charge on any atom is -0.289 e. The summed E-state index contributed by atoms with van der Waals surface area (Å²) in [4.78, 5) is 24.2. The average molecular weight is 327 g/mol. The molecule has 1 N–H and O–H groups in total. The zero-order valence-corrected chi connectivity index (χ0v) is 15.0. The Kier molecular flexibility index (Phi) is 4.65. The number of hydrogen-bond acceptors (Lipinski definition) is 4. The smallest absolute Gasteiger partial charge is 0.289 e. The summed E-state index contributed by atoms with van der Waals surface area (Å²) in [5, 5.41) is 0. The van der Waals surface area contributed by atoms with Gasteiger partial charge in [-0.25, -0.2) is 0 Å². The first-order valence-electron chi connectivity index (χ1n) is 5.70. The topological polar surface area (TPSA) is 88.5 Å². The van der Waals surface area contributed by atoms with Crippen molar-refractivity contribution in [1.82, 2.24) is 0 Å². The predicted molar refractivity (Wildman–Crippen MR) is 75.3 cm³/mol. The van der Waals surface area contributed by atoms with E-state index in [9.17, 15) is 22.6 Å². The van der Waals surface area contributed by atoms with E-state index >= 15 is 0 Å². The molecule has 2 aromatic carbocycles. The van der Waals surface area contributed by atoms with Crippen LogP contribution in [0.25, 0.3) is 0 Å². The molecule has 3 rings (SSSR count). The summed E-state index contributed by atoms with van der Waals surface area (Å²) in [6, 6.07) is 9.99. The van der Waals surface area contributed by atoms with E-state index in [-0.39, 0.29) is 73.6 Å². The largest absolute Gasteiger partial charge is 0.295 e. The Hall–Kier alpha value is -0.674. The van der Waals surface area contributed by atoms with Crippen molar-refractivity contribution in [2.45, 2.75) is 4.90 Å². The van der Waals surface area contributed by atoms with Crippen LogP contribution in [0.4, 0.5) is 0 Å². The van der Waals surface area contributed by atoms with Crippen molar-refractivity contribution in [3.63, 3.8) is 0 Å². The Morgan fingerprint density at radius 1 is 0.762 bits per heavy atom. The van der Waals surface area contributed by atoms with E-state index in [1.807, 2.05) is 0 Å². The van der Waals surface area contributed by atoms with Gasteiger partial charge in [0.25, 0.3) is 10.1 Å². The van der Waals surface area contributed by atoms with Crippen molar-refractivity contribution < 1.29 is 22.6 Å². The van der Waals surface area contributed by atoms with E-state index in [1.165, 1.54) is 24.3 Å². The van der Waals surface area contributed by atoms with Gasteiger partial charge in [0, 0.05) is 68.1 Å². The van der Waals surface area contributed by atoms with Crippen molar-refractivity contribution in [3.8, 4) is 0 Å². The van der Waals surface area contributed by atoms with Crippen LogP contribution >= 0.6 is 0 Å². The predicted octanol–water partition coefficient (Wildman–Crippen LogP) is 1.33. The monoisotopic (exact) mass is 327 g/mol. The Balaban J connectivity index is 0.00000161. The molecule has 0 atom stereocenters. The van der Waals surface area contributed by atoms with E-state index in [1.54, 1.807) is 12.1 Å². The van der Waals surface area contributed by atoms with Gasteiger partial charge >= 0.3 is 0 Å². The van der Waals surface area contributed by atoms with Gasteiger partial charge in [0.15, 0.2) is 11.6 Å². The first-order valence-corrected chi connectivity index (χ1v) is 7.14. The molecule has 1 aliphatic rings. The maximum absolute atomic E-state index is 12.4. The SMILES string of the molecule is O=C1c2ccccc2C(=O)c2c1cccc2S(=O)(=O)O.[K]. The quantitative estimate of drug-likeness (QED) is 0.538. The van der Waals surface area contributed by atoms with Crippen molar-refractivity contribution in [1.29, 1.82) is 0 Å². The number of hydrogen-bond donors (Lipinski definition) is 1. The van der Waals surface area contributed by atoms with Crippen LogP contribution in [-0.2, 0) is 10.1 Å². The molecule has 0 unspecified atom stereocenters. The van der Waals surface area contributed by atoms with Gasteiger partial charge in [-0.05, 0) is 6.07 Å². The summed E-state index contributed by atoms with van der Waals surface area (Å²) in [5.74, 6) is -1.01. The molecular weight excluding hydrogens is 319 g/mol. The van der Waals surface area contributed by atoms with E-state index < -0.39 is 26.6 Å². The molecule has 0 heterocycles. The van der Waals surface area contributed by atoms with Crippen molar-refractivity contribution in [2.24, 2.45) is 0 Å². The average Bonchev–Trinajstić information content (AvgIpc) is 2.43. The van der Waals surface area contributed by atoms with Gasteiger partial charge in [-0.3, -0.25) is 14.1 Å². The summed E-state index contributed by atoms with van der Waals surface area (Å²) in [5.41, 5.74) is 0.0983. The standard InChI is InChI=1S/C14H8O5S.K/c15-13-8-4-1-2-5-9(8)14(16)12-10(13)6-3-7-11(12)20(17,18)19;/h1-7H,(H,17,18,19);. The van der Waals surface area contributed by atoms with Crippen LogP contribution in [-0.4, -0.2) is 75.9 Å². The molecule has 1 aliphatic carbocycles. The molecule has 0 aromatic heterocycles. The first kappa shape index (κ1) is 16.7. The first-order chi connectivity index (χ1) is 9.41. The number of carbonyl (C=O) groups excluding carboxylic acids is 2. The van der Waals surface area contributed by atoms with E-state index in [2.05, 4.69) is 0 Å². The van der Waals surface area contributed by atoms with Crippen LogP contribution in [0.2, 0.25) is 0 Å². The molecular formula is C14H8KO5S. The zero-order chi connectivity index (χ0) is 14.5. The molecule has 7 heteroatoms. The fourth-order valence-corrected chi connectivity index (χ4v) is 3.04. The molecule has 0 spiro atoms. The molecule has 0 aliphatic heterocycles. The number of ketones is 2. The molecule has 0 fully saturated rings. The normalized spacial score (nSPS) is 13.2. The van der Waals surface area contributed by atoms with Gasteiger partial charge in [0.05, 0.1) is 5.56 Å². The molecule has 2 aromatic rings. The van der Waals surface area contributed by atoms with E-state index in [4.69, 9.17) is 0 Å². The van der Waals surface area contributed by atoms with Crippen LogP contribution in [0.1, 0.15) is 31.8 Å². The molecule has 1 radical (unpaired) electrons. The summed E-state index contributed by atoms with van der Waals surface area (Å²) < 4.78 is 31.9. The van der Waals surface area contributed by atoms with Gasteiger partial charge in [-0.15, -0.1) is 0 Å². The number of rotatable bonds is 1. The Morgan fingerprint density at radius 2 is 1.29 bits per heavy atom. The molecule has 0 bridgehead atoms. The number of benzene rings is 2.